The van der Waals surface area contributed by atoms with Crippen LogP contribution in [0.1, 0.15) is 33.6 Å². The summed E-state index contributed by atoms with van der Waals surface area (Å²) in [6, 6.07) is 12.2. The number of hydrogen-bond acceptors (Lipinski definition) is 6. The van der Waals surface area contributed by atoms with Crippen molar-refractivity contribution in [3.8, 4) is 5.75 Å². The molecule has 2 heterocycles. The van der Waals surface area contributed by atoms with Crippen LogP contribution in [0.25, 0.3) is 0 Å². The Balaban J connectivity index is 1.87. The molecule has 0 bridgehead atoms. The molecule has 136 valence electrons. The summed E-state index contributed by atoms with van der Waals surface area (Å²) in [7, 11) is 5.42. The van der Waals surface area contributed by atoms with Crippen molar-refractivity contribution in [1.29, 1.82) is 0 Å². The number of amides is 1. The number of carbonyl (C=O) groups is 1. The van der Waals surface area contributed by atoms with E-state index in [9.17, 15) is 4.79 Å². The van der Waals surface area contributed by atoms with E-state index < -0.39 is 6.04 Å². The van der Waals surface area contributed by atoms with Crippen LogP contribution in [-0.2, 0) is 6.54 Å². The highest BCUT2D eigenvalue weighted by molar-refractivity contribution is 5.92. The summed E-state index contributed by atoms with van der Waals surface area (Å²) in [4.78, 5) is 14.6. The van der Waals surface area contributed by atoms with Crippen molar-refractivity contribution < 1.29 is 18.5 Å². The van der Waals surface area contributed by atoms with Crippen LogP contribution < -0.4 is 10.1 Å². The Bertz CT molecular complexity index is 855. The lowest BCUT2D eigenvalue weighted by Gasteiger charge is -2.19. The highest BCUT2D eigenvalue weighted by atomic mass is 16.5. The molecule has 7 heteroatoms. The number of nitrogens with one attached hydrogen (secondary N) is 1. The van der Waals surface area contributed by atoms with Gasteiger partial charge in [-0.25, -0.2) is 0 Å². The molecule has 26 heavy (non-hydrogen) atoms. The van der Waals surface area contributed by atoms with Crippen molar-refractivity contribution >= 4 is 5.91 Å². The molecule has 3 rings (SSSR count). The second kappa shape index (κ2) is 7.88. The summed E-state index contributed by atoms with van der Waals surface area (Å²) in [6.07, 6.45) is 1.56. The van der Waals surface area contributed by atoms with Crippen LogP contribution in [0.3, 0.4) is 0 Å². The number of nitrogens with zero attached hydrogens (tertiary/aromatic N) is 2. The second-order valence-corrected chi connectivity index (χ2v) is 6.08. The lowest BCUT2D eigenvalue weighted by Crippen LogP contribution is -2.29. The topological polar surface area (TPSA) is 80.7 Å². The first-order chi connectivity index (χ1) is 12.6. The number of ether oxygens (including phenoxy) is 1. The Hall–Kier alpha value is -3.06. The normalized spacial score (nSPS) is 12.2. The van der Waals surface area contributed by atoms with E-state index in [2.05, 4.69) is 10.5 Å². The molecule has 0 spiro atoms. The van der Waals surface area contributed by atoms with E-state index in [1.807, 2.05) is 43.3 Å². The van der Waals surface area contributed by atoms with E-state index in [0.717, 1.165) is 5.56 Å². The fourth-order valence-electron chi connectivity index (χ4n) is 2.67. The minimum absolute atomic E-state index is 0.216. The van der Waals surface area contributed by atoms with Crippen molar-refractivity contribution in [3.05, 3.63) is 71.5 Å². The molecule has 0 aliphatic rings. The highest BCUT2D eigenvalue weighted by Gasteiger charge is 2.24. The second-order valence-electron chi connectivity index (χ2n) is 6.08. The van der Waals surface area contributed by atoms with E-state index in [1.54, 1.807) is 31.6 Å². The molecule has 1 amide bonds. The van der Waals surface area contributed by atoms with Gasteiger partial charge in [-0.3, -0.25) is 4.79 Å². The maximum Gasteiger partial charge on any atom is 0.274 e. The Morgan fingerprint density at radius 1 is 1.27 bits per heavy atom. The first kappa shape index (κ1) is 17.8. The van der Waals surface area contributed by atoms with Gasteiger partial charge in [0.1, 0.15) is 17.6 Å². The molecule has 0 saturated heterocycles. The molecule has 1 aromatic carbocycles. The van der Waals surface area contributed by atoms with E-state index in [0.29, 0.717) is 23.8 Å². The molecule has 2 aromatic heterocycles. The molecule has 7 nitrogen and oxygen atoms in total. The summed E-state index contributed by atoms with van der Waals surface area (Å²) < 4.78 is 16.2. The molecular formula is C19H21N3O4. The quantitative estimate of drug-likeness (QED) is 0.702. The monoisotopic (exact) mass is 355 g/mol. The molecule has 0 aliphatic heterocycles. The van der Waals surface area contributed by atoms with E-state index in [4.69, 9.17) is 13.7 Å². The van der Waals surface area contributed by atoms with Crippen LogP contribution in [0, 0.1) is 0 Å². The number of carbonyl (C=O) groups excluding carboxylic acids is 1. The average molecular weight is 355 g/mol. The molecule has 1 atom stereocenters. The molecule has 1 unspecified atom stereocenters. The van der Waals surface area contributed by atoms with Crippen molar-refractivity contribution in [1.82, 2.24) is 15.4 Å². The van der Waals surface area contributed by atoms with E-state index >= 15 is 0 Å². The lowest BCUT2D eigenvalue weighted by molar-refractivity contribution is 0.0929. The van der Waals surface area contributed by atoms with Gasteiger partial charge in [0.2, 0.25) is 0 Å². The van der Waals surface area contributed by atoms with Gasteiger partial charge < -0.3 is 23.9 Å². The van der Waals surface area contributed by atoms with Gasteiger partial charge in [-0.05, 0) is 32.3 Å². The third kappa shape index (κ3) is 3.94. The third-order valence-corrected chi connectivity index (χ3v) is 3.82. The van der Waals surface area contributed by atoms with Crippen LogP contribution in [0.2, 0.25) is 0 Å². The van der Waals surface area contributed by atoms with Crippen LogP contribution in [0.15, 0.2) is 57.7 Å². The number of methoxy groups -OCH3 is 1. The fourth-order valence-corrected chi connectivity index (χ4v) is 2.67. The van der Waals surface area contributed by atoms with Crippen LogP contribution in [0.5, 0.6) is 5.75 Å². The van der Waals surface area contributed by atoms with Gasteiger partial charge in [0.25, 0.3) is 5.91 Å². The molecule has 1 N–H and O–H groups in total. The number of benzene rings is 1. The summed E-state index contributed by atoms with van der Waals surface area (Å²) >= 11 is 0. The SMILES string of the molecule is COc1ccccc1C(NC(=O)c1cc(CN(C)C)on1)c1ccco1. The predicted octanol–water partition coefficient (Wildman–Crippen LogP) is 2.86. The number of para-hydroxylation sites is 1. The molecule has 0 aliphatic carbocycles. The maximum absolute atomic E-state index is 12.7. The Morgan fingerprint density at radius 3 is 2.77 bits per heavy atom. The fraction of sp³-hybridized carbons (Fsp3) is 0.263. The van der Waals surface area contributed by atoms with Crippen molar-refractivity contribution in [3.63, 3.8) is 0 Å². The zero-order valence-corrected chi connectivity index (χ0v) is 14.9. The van der Waals surface area contributed by atoms with Gasteiger partial charge in [-0.2, -0.15) is 0 Å². The minimum Gasteiger partial charge on any atom is -0.496 e. The average Bonchev–Trinajstić information content (AvgIpc) is 3.31. The minimum atomic E-state index is -0.511. The number of furan rings is 1. The molecule has 0 radical (unpaired) electrons. The van der Waals surface area contributed by atoms with Gasteiger partial charge in [0, 0.05) is 11.6 Å². The zero-order valence-electron chi connectivity index (χ0n) is 14.9. The number of aromatic nitrogens is 1. The lowest BCUT2D eigenvalue weighted by atomic mass is 10.0. The maximum atomic E-state index is 12.7. The van der Waals surface area contributed by atoms with Gasteiger partial charge in [0.05, 0.1) is 19.9 Å². The highest BCUT2D eigenvalue weighted by Crippen LogP contribution is 2.30. The summed E-state index contributed by atoms with van der Waals surface area (Å²) in [5.74, 6) is 1.51. The van der Waals surface area contributed by atoms with Gasteiger partial charge >= 0.3 is 0 Å². The van der Waals surface area contributed by atoms with Crippen molar-refractivity contribution in [2.75, 3.05) is 21.2 Å². The van der Waals surface area contributed by atoms with Gasteiger partial charge in [-0.1, -0.05) is 23.4 Å². The molecule has 0 fully saturated rings. The Morgan fingerprint density at radius 2 is 2.08 bits per heavy atom. The number of hydrogen-bond donors (Lipinski definition) is 1. The Kier molecular flexibility index (Phi) is 5.38. The summed E-state index contributed by atoms with van der Waals surface area (Å²) in [5, 5.41) is 6.81. The summed E-state index contributed by atoms with van der Waals surface area (Å²) in [5.41, 5.74) is 1.00. The van der Waals surface area contributed by atoms with Crippen molar-refractivity contribution in [2.24, 2.45) is 0 Å². The molecule has 3 aromatic rings. The van der Waals surface area contributed by atoms with E-state index in [-0.39, 0.29) is 11.6 Å². The third-order valence-electron chi connectivity index (χ3n) is 3.82. The Labute approximate surface area is 151 Å². The number of rotatable bonds is 7. The standard InChI is InChI=1S/C19H21N3O4/c1-22(2)12-13-11-15(21-26-13)19(23)20-18(17-9-6-10-25-17)14-7-4-5-8-16(14)24-3/h4-11,18H,12H2,1-3H3,(H,20,23). The van der Waals surface area contributed by atoms with Crippen LogP contribution >= 0.6 is 0 Å². The van der Waals surface area contributed by atoms with Crippen LogP contribution in [-0.4, -0.2) is 37.2 Å². The smallest absolute Gasteiger partial charge is 0.274 e. The molecular weight excluding hydrogens is 334 g/mol. The first-order valence-electron chi connectivity index (χ1n) is 8.16. The van der Waals surface area contributed by atoms with Gasteiger partial charge in [-0.15, -0.1) is 0 Å². The molecule has 0 saturated carbocycles. The van der Waals surface area contributed by atoms with Gasteiger partial charge in [0.15, 0.2) is 11.5 Å². The first-order valence-corrected chi connectivity index (χ1v) is 8.16. The largest absolute Gasteiger partial charge is 0.496 e. The summed E-state index contributed by atoms with van der Waals surface area (Å²) in [6.45, 7) is 0.564. The zero-order chi connectivity index (χ0) is 18.5. The van der Waals surface area contributed by atoms with Crippen LogP contribution in [0.4, 0.5) is 0 Å². The van der Waals surface area contributed by atoms with E-state index in [1.165, 1.54) is 0 Å². The van der Waals surface area contributed by atoms with Crippen molar-refractivity contribution in [2.45, 2.75) is 12.6 Å². The predicted molar refractivity (Wildman–Crippen MR) is 94.9 cm³/mol.